The SMILES string of the molecule is COC(=O)C1=C(C)N(c2ccc(OC)cc2)C(=S)NC1c1ccccc1OC(F)F. The van der Waals surface area contributed by atoms with Crippen molar-refractivity contribution < 1.29 is 27.8 Å². The number of allylic oxidation sites excluding steroid dienone is 1. The topological polar surface area (TPSA) is 60.0 Å². The number of nitrogens with one attached hydrogen (secondary N) is 1. The number of para-hydroxylation sites is 1. The Kier molecular flexibility index (Phi) is 6.51. The van der Waals surface area contributed by atoms with Gasteiger partial charge in [-0.05, 0) is 49.5 Å². The van der Waals surface area contributed by atoms with Crippen molar-refractivity contribution in [2.24, 2.45) is 0 Å². The second-order valence-corrected chi connectivity index (χ2v) is 6.71. The Morgan fingerprint density at radius 2 is 1.80 bits per heavy atom. The summed E-state index contributed by atoms with van der Waals surface area (Å²) in [5.41, 5.74) is 1.77. The molecule has 1 unspecified atom stereocenters. The van der Waals surface area contributed by atoms with Gasteiger partial charge < -0.3 is 19.5 Å². The lowest BCUT2D eigenvalue weighted by Gasteiger charge is -2.37. The highest BCUT2D eigenvalue weighted by Gasteiger charge is 2.36. The molecule has 0 aromatic heterocycles. The molecule has 6 nitrogen and oxygen atoms in total. The van der Waals surface area contributed by atoms with Gasteiger partial charge in [-0.1, -0.05) is 18.2 Å². The summed E-state index contributed by atoms with van der Waals surface area (Å²) in [6.07, 6.45) is 0. The predicted molar refractivity (Wildman–Crippen MR) is 112 cm³/mol. The van der Waals surface area contributed by atoms with Gasteiger partial charge in [0.05, 0.1) is 25.8 Å². The van der Waals surface area contributed by atoms with E-state index < -0.39 is 18.6 Å². The van der Waals surface area contributed by atoms with Crippen molar-refractivity contribution in [3.8, 4) is 11.5 Å². The highest BCUT2D eigenvalue weighted by atomic mass is 32.1. The summed E-state index contributed by atoms with van der Waals surface area (Å²) >= 11 is 5.54. The van der Waals surface area contributed by atoms with Gasteiger partial charge in [-0.2, -0.15) is 8.78 Å². The first-order valence-electron chi connectivity index (χ1n) is 8.94. The van der Waals surface area contributed by atoms with Gasteiger partial charge in [-0.25, -0.2) is 4.79 Å². The predicted octanol–water partition coefficient (Wildman–Crippen LogP) is 4.18. The molecule has 3 rings (SSSR count). The zero-order chi connectivity index (χ0) is 21.8. The van der Waals surface area contributed by atoms with Crippen LogP contribution in [0.15, 0.2) is 59.8 Å². The third-order valence-electron chi connectivity index (χ3n) is 4.67. The zero-order valence-electron chi connectivity index (χ0n) is 16.5. The summed E-state index contributed by atoms with van der Waals surface area (Å²) in [5, 5.41) is 3.36. The highest BCUT2D eigenvalue weighted by Crippen LogP contribution is 2.38. The number of ether oxygens (including phenoxy) is 3. The molecule has 1 heterocycles. The number of rotatable bonds is 6. The first kappa shape index (κ1) is 21.5. The third-order valence-corrected chi connectivity index (χ3v) is 4.97. The van der Waals surface area contributed by atoms with Crippen molar-refractivity contribution >= 4 is 29.0 Å². The minimum Gasteiger partial charge on any atom is -0.497 e. The van der Waals surface area contributed by atoms with E-state index in [2.05, 4.69) is 10.1 Å². The van der Waals surface area contributed by atoms with Gasteiger partial charge in [-0.3, -0.25) is 4.90 Å². The fraction of sp³-hybridized carbons (Fsp3) is 0.238. The Morgan fingerprint density at radius 3 is 2.40 bits per heavy atom. The average molecular weight is 434 g/mol. The van der Waals surface area contributed by atoms with E-state index in [1.54, 1.807) is 61.4 Å². The number of benzene rings is 2. The Hall–Kier alpha value is -3.20. The number of anilines is 1. The van der Waals surface area contributed by atoms with Crippen molar-refractivity contribution in [2.45, 2.75) is 19.6 Å². The maximum Gasteiger partial charge on any atom is 0.387 e. The zero-order valence-corrected chi connectivity index (χ0v) is 17.3. The van der Waals surface area contributed by atoms with Crippen LogP contribution in [0.1, 0.15) is 18.5 Å². The number of hydrogen-bond donors (Lipinski definition) is 1. The highest BCUT2D eigenvalue weighted by molar-refractivity contribution is 7.80. The molecule has 0 saturated carbocycles. The van der Waals surface area contributed by atoms with Gasteiger partial charge in [0.15, 0.2) is 5.11 Å². The molecular formula is C21H20F2N2O4S. The van der Waals surface area contributed by atoms with E-state index >= 15 is 0 Å². The summed E-state index contributed by atoms with van der Waals surface area (Å²) in [6.45, 7) is -1.29. The van der Waals surface area contributed by atoms with E-state index in [9.17, 15) is 13.6 Å². The van der Waals surface area contributed by atoms with E-state index in [0.29, 0.717) is 27.8 Å². The monoisotopic (exact) mass is 434 g/mol. The largest absolute Gasteiger partial charge is 0.497 e. The van der Waals surface area contributed by atoms with E-state index in [-0.39, 0.29) is 11.3 Å². The van der Waals surface area contributed by atoms with Gasteiger partial charge in [0.1, 0.15) is 11.5 Å². The molecule has 0 bridgehead atoms. The van der Waals surface area contributed by atoms with E-state index in [0.717, 1.165) is 0 Å². The number of halogens is 2. The molecule has 0 spiro atoms. The van der Waals surface area contributed by atoms with Crippen LogP contribution < -0.4 is 19.7 Å². The quantitative estimate of drug-likeness (QED) is 0.541. The maximum absolute atomic E-state index is 12.9. The fourth-order valence-electron chi connectivity index (χ4n) is 3.32. The number of carbonyl (C=O) groups is 1. The Morgan fingerprint density at radius 1 is 1.13 bits per heavy atom. The number of esters is 1. The average Bonchev–Trinajstić information content (AvgIpc) is 2.73. The molecule has 1 atom stereocenters. The minimum atomic E-state index is -3.01. The van der Waals surface area contributed by atoms with Gasteiger partial charge >= 0.3 is 12.6 Å². The molecule has 1 aliphatic heterocycles. The van der Waals surface area contributed by atoms with Crippen LogP contribution in [0.3, 0.4) is 0 Å². The van der Waals surface area contributed by atoms with Gasteiger partial charge in [0, 0.05) is 16.9 Å². The standard InChI is InChI=1S/C21H20F2N2O4S/c1-12-17(19(26)28-3)18(15-6-4-5-7-16(15)29-20(22)23)24-21(30)25(12)13-8-10-14(27-2)11-9-13/h4-11,18,20H,1-3H3,(H,24,30). The van der Waals surface area contributed by atoms with Gasteiger partial charge in [0.2, 0.25) is 0 Å². The molecule has 0 fully saturated rings. The first-order valence-corrected chi connectivity index (χ1v) is 9.35. The van der Waals surface area contributed by atoms with Crippen molar-refractivity contribution in [1.82, 2.24) is 5.32 Å². The Labute approximate surface area is 178 Å². The fourth-order valence-corrected chi connectivity index (χ4v) is 3.68. The number of thiocarbonyl (C=S) groups is 1. The van der Waals surface area contributed by atoms with Crippen LogP contribution in [-0.2, 0) is 9.53 Å². The van der Waals surface area contributed by atoms with Crippen LogP contribution in [0.25, 0.3) is 0 Å². The third kappa shape index (κ3) is 4.20. The van der Waals surface area contributed by atoms with Crippen molar-refractivity contribution in [2.75, 3.05) is 19.1 Å². The second-order valence-electron chi connectivity index (χ2n) is 6.32. The number of alkyl halides is 2. The maximum atomic E-state index is 12.9. The second kappa shape index (κ2) is 9.08. The van der Waals surface area contributed by atoms with Crippen LogP contribution in [0.2, 0.25) is 0 Å². The van der Waals surface area contributed by atoms with E-state index in [1.165, 1.54) is 13.2 Å². The van der Waals surface area contributed by atoms with Crippen molar-refractivity contribution in [3.05, 3.63) is 65.4 Å². The summed E-state index contributed by atoms with van der Waals surface area (Å²) in [4.78, 5) is 14.4. The molecular weight excluding hydrogens is 414 g/mol. The van der Waals surface area contributed by atoms with Gasteiger partial charge in [-0.15, -0.1) is 0 Å². The molecule has 1 aliphatic rings. The van der Waals surface area contributed by atoms with Crippen molar-refractivity contribution in [1.29, 1.82) is 0 Å². The van der Waals surface area contributed by atoms with E-state index in [1.807, 2.05) is 0 Å². The van der Waals surface area contributed by atoms with Crippen LogP contribution in [0, 0.1) is 0 Å². The number of methoxy groups -OCH3 is 2. The number of nitrogens with zero attached hydrogens (tertiary/aromatic N) is 1. The minimum absolute atomic E-state index is 0.0556. The lowest BCUT2D eigenvalue weighted by atomic mass is 9.94. The molecule has 30 heavy (non-hydrogen) atoms. The lowest BCUT2D eigenvalue weighted by molar-refractivity contribution is -0.136. The van der Waals surface area contributed by atoms with Crippen LogP contribution in [0.4, 0.5) is 14.5 Å². The number of carbonyl (C=O) groups excluding carboxylic acids is 1. The summed E-state index contributed by atoms with van der Waals surface area (Å²) < 4.78 is 40.6. The van der Waals surface area contributed by atoms with Crippen LogP contribution >= 0.6 is 12.2 Å². The van der Waals surface area contributed by atoms with Crippen LogP contribution in [0.5, 0.6) is 11.5 Å². The molecule has 2 aromatic rings. The first-order chi connectivity index (χ1) is 14.4. The van der Waals surface area contributed by atoms with E-state index in [4.69, 9.17) is 21.7 Å². The molecule has 0 aliphatic carbocycles. The van der Waals surface area contributed by atoms with Crippen LogP contribution in [-0.4, -0.2) is 31.9 Å². The Bertz CT molecular complexity index is 979. The molecule has 0 saturated heterocycles. The summed E-state index contributed by atoms with van der Waals surface area (Å²) in [5.74, 6) is -0.00169. The summed E-state index contributed by atoms with van der Waals surface area (Å²) in [6, 6.07) is 12.5. The molecule has 2 aromatic carbocycles. The normalized spacial score (nSPS) is 16.4. The molecule has 9 heteroatoms. The van der Waals surface area contributed by atoms with Gasteiger partial charge in [0.25, 0.3) is 0 Å². The van der Waals surface area contributed by atoms with Crippen molar-refractivity contribution in [3.63, 3.8) is 0 Å². The molecule has 0 radical (unpaired) electrons. The number of hydrogen-bond acceptors (Lipinski definition) is 5. The molecule has 158 valence electrons. The molecule has 0 amide bonds. The lowest BCUT2D eigenvalue weighted by Crippen LogP contribution is -2.48. The Balaban J connectivity index is 2.12. The summed E-state index contributed by atoms with van der Waals surface area (Å²) in [7, 11) is 2.82. The smallest absolute Gasteiger partial charge is 0.387 e. The molecule has 1 N–H and O–H groups in total.